The lowest BCUT2D eigenvalue weighted by atomic mass is 9.87. The zero-order chi connectivity index (χ0) is 17.2. The molecule has 4 nitrogen and oxygen atoms in total. The number of hydrogen-bond acceptors (Lipinski definition) is 3. The van der Waals surface area contributed by atoms with Crippen LogP contribution < -0.4 is 5.32 Å². The average Bonchev–Trinajstić information content (AvgIpc) is 2.95. The topological polar surface area (TPSA) is 55.1 Å². The SMILES string of the molecule is CC(C)(C)c1ccc(NC(=O)/C=C/c2nc3ccccc3o2)cc1. The van der Waals surface area contributed by atoms with Crippen LogP contribution in [-0.4, -0.2) is 10.9 Å². The lowest BCUT2D eigenvalue weighted by Gasteiger charge is -2.19. The van der Waals surface area contributed by atoms with Crippen LogP contribution in [0.2, 0.25) is 0 Å². The molecule has 4 heteroatoms. The summed E-state index contributed by atoms with van der Waals surface area (Å²) in [5, 5.41) is 2.83. The second-order valence-corrected chi connectivity index (χ2v) is 6.67. The van der Waals surface area contributed by atoms with E-state index in [9.17, 15) is 4.79 Å². The molecule has 0 aliphatic carbocycles. The van der Waals surface area contributed by atoms with Gasteiger partial charge in [0.1, 0.15) is 5.52 Å². The maximum Gasteiger partial charge on any atom is 0.248 e. The fraction of sp³-hybridized carbons (Fsp3) is 0.200. The first-order valence-corrected chi connectivity index (χ1v) is 7.87. The van der Waals surface area contributed by atoms with Crippen LogP contribution in [0.1, 0.15) is 32.2 Å². The van der Waals surface area contributed by atoms with Crippen LogP contribution in [0.25, 0.3) is 17.2 Å². The Kier molecular flexibility index (Phi) is 4.21. The third kappa shape index (κ3) is 3.71. The van der Waals surface area contributed by atoms with E-state index in [4.69, 9.17) is 4.42 Å². The highest BCUT2D eigenvalue weighted by atomic mass is 16.3. The van der Waals surface area contributed by atoms with Gasteiger partial charge in [-0.05, 0) is 35.2 Å². The summed E-state index contributed by atoms with van der Waals surface area (Å²) in [6.07, 6.45) is 2.99. The van der Waals surface area contributed by atoms with E-state index in [0.717, 1.165) is 11.2 Å². The zero-order valence-electron chi connectivity index (χ0n) is 14.0. The van der Waals surface area contributed by atoms with Crippen molar-refractivity contribution in [3.05, 3.63) is 66.1 Å². The van der Waals surface area contributed by atoms with Gasteiger partial charge in [-0.3, -0.25) is 4.79 Å². The molecule has 1 aromatic heterocycles. The predicted octanol–water partition coefficient (Wildman–Crippen LogP) is 4.78. The Balaban J connectivity index is 1.66. The van der Waals surface area contributed by atoms with Gasteiger partial charge in [0.25, 0.3) is 0 Å². The number of carbonyl (C=O) groups excluding carboxylic acids is 1. The highest BCUT2D eigenvalue weighted by Gasteiger charge is 2.13. The molecule has 1 heterocycles. The number of aromatic nitrogens is 1. The van der Waals surface area contributed by atoms with Crippen molar-refractivity contribution in [2.45, 2.75) is 26.2 Å². The summed E-state index contributed by atoms with van der Waals surface area (Å²) in [6, 6.07) is 15.4. The number of benzene rings is 2. The molecular formula is C20H20N2O2. The number of para-hydroxylation sites is 2. The van der Waals surface area contributed by atoms with E-state index in [2.05, 4.69) is 31.1 Å². The molecule has 3 aromatic rings. The standard InChI is InChI=1S/C20H20N2O2/c1-20(2,3)14-8-10-15(11-9-14)21-18(23)12-13-19-22-16-6-4-5-7-17(16)24-19/h4-13H,1-3H3,(H,21,23)/b13-12+. The average molecular weight is 320 g/mol. The fourth-order valence-electron chi connectivity index (χ4n) is 2.35. The van der Waals surface area contributed by atoms with Gasteiger partial charge in [0.05, 0.1) is 0 Å². The van der Waals surface area contributed by atoms with Gasteiger partial charge in [0, 0.05) is 17.8 Å². The maximum atomic E-state index is 12.0. The normalized spacial score (nSPS) is 12.0. The van der Waals surface area contributed by atoms with Gasteiger partial charge in [-0.15, -0.1) is 0 Å². The Morgan fingerprint density at radius 3 is 2.46 bits per heavy atom. The molecule has 0 aliphatic rings. The summed E-state index contributed by atoms with van der Waals surface area (Å²) in [5.41, 5.74) is 3.55. The number of anilines is 1. The Hall–Kier alpha value is -2.88. The van der Waals surface area contributed by atoms with Crippen molar-refractivity contribution in [1.82, 2.24) is 4.98 Å². The number of nitrogens with zero attached hydrogens (tertiary/aromatic N) is 1. The van der Waals surface area contributed by atoms with Crippen LogP contribution in [0.15, 0.2) is 59.0 Å². The Labute approximate surface area is 141 Å². The molecule has 0 saturated carbocycles. The molecular weight excluding hydrogens is 300 g/mol. The molecule has 0 aliphatic heterocycles. The number of fused-ring (bicyclic) bond motifs is 1. The lowest BCUT2D eigenvalue weighted by Crippen LogP contribution is -2.12. The van der Waals surface area contributed by atoms with E-state index in [0.29, 0.717) is 11.5 Å². The summed E-state index contributed by atoms with van der Waals surface area (Å²) < 4.78 is 5.54. The lowest BCUT2D eigenvalue weighted by molar-refractivity contribution is -0.111. The fourth-order valence-corrected chi connectivity index (χ4v) is 2.35. The van der Waals surface area contributed by atoms with Crippen LogP contribution >= 0.6 is 0 Å². The summed E-state index contributed by atoms with van der Waals surface area (Å²) in [4.78, 5) is 16.3. The summed E-state index contributed by atoms with van der Waals surface area (Å²) in [6.45, 7) is 6.47. The smallest absolute Gasteiger partial charge is 0.248 e. The minimum Gasteiger partial charge on any atom is -0.437 e. The summed E-state index contributed by atoms with van der Waals surface area (Å²) in [5.74, 6) is 0.190. The molecule has 0 unspecified atom stereocenters. The minimum atomic E-state index is -0.222. The quantitative estimate of drug-likeness (QED) is 0.707. The van der Waals surface area contributed by atoms with E-state index in [1.54, 1.807) is 6.08 Å². The van der Waals surface area contributed by atoms with Gasteiger partial charge in [-0.25, -0.2) is 4.98 Å². The molecule has 0 radical (unpaired) electrons. The van der Waals surface area contributed by atoms with Crippen LogP contribution in [-0.2, 0) is 10.2 Å². The first kappa shape index (κ1) is 16.0. The number of amides is 1. The van der Waals surface area contributed by atoms with Gasteiger partial charge in [0.15, 0.2) is 5.58 Å². The van der Waals surface area contributed by atoms with Gasteiger partial charge < -0.3 is 9.73 Å². The number of nitrogens with one attached hydrogen (secondary N) is 1. The molecule has 1 amide bonds. The van der Waals surface area contributed by atoms with Gasteiger partial charge in [-0.1, -0.05) is 45.0 Å². The Bertz CT molecular complexity index is 851. The zero-order valence-corrected chi connectivity index (χ0v) is 14.0. The van der Waals surface area contributed by atoms with Crippen molar-refractivity contribution in [3.8, 4) is 0 Å². The van der Waals surface area contributed by atoms with Crippen LogP contribution in [0.5, 0.6) is 0 Å². The Morgan fingerprint density at radius 1 is 1.08 bits per heavy atom. The molecule has 2 aromatic carbocycles. The van der Waals surface area contributed by atoms with E-state index < -0.39 is 0 Å². The largest absolute Gasteiger partial charge is 0.437 e. The summed E-state index contributed by atoms with van der Waals surface area (Å²) in [7, 11) is 0. The number of oxazole rings is 1. The highest BCUT2D eigenvalue weighted by molar-refractivity contribution is 6.01. The molecule has 0 fully saturated rings. The second kappa shape index (κ2) is 6.32. The van der Waals surface area contributed by atoms with Gasteiger partial charge in [0.2, 0.25) is 11.8 Å². The van der Waals surface area contributed by atoms with E-state index in [-0.39, 0.29) is 11.3 Å². The maximum absolute atomic E-state index is 12.0. The predicted molar refractivity (Wildman–Crippen MR) is 96.8 cm³/mol. The second-order valence-electron chi connectivity index (χ2n) is 6.67. The number of hydrogen-bond donors (Lipinski definition) is 1. The van der Waals surface area contributed by atoms with Crippen LogP contribution in [0.4, 0.5) is 5.69 Å². The number of carbonyl (C=O) groups is 1. The number of rotatable bonds is 3. The van der Waals surface area contributed by atoms with Crippen molar-refractivity contribution in [1.29, 1.82) is 0 Å². The van der Waals surface area contributed by atoms with Crippen LogP contribution in [0.3, 0.4) is 0 Å². The van der Waals surface area contributed by atoms with Crippen molar-refractivity contribution in [2.24, 2.45) is 0 Å². The first-order valence-electron chi connectivity index (χ1n) is 7.87. The van der Waals surface area contributed by atoms with Crippen molar-refractivity contribution < 1.29 is 9.21 Å². The van der Waals surface area contributed by atoms with Crippen molar-refractivity contribution >= 4 is 28.8 Å². The molecule has 3 rings (SSSR count). The van der Waals surface area contributed by atoms with Crippen molar-refractivity contribution in [2.75, 3.05) is 5.32 Å². The monoisotopic (exact) mass is 320 g/mol. The van der Waals surface area contributed by atoms with Gasteiger partial charge in [-0.2, -0.15) is 0 Å². The van der Waals surface area contributed by atoms with Crippen LogP contribution in [0, 0.1) is 0 Å². The molecule has 24 heavy (non-hydrogen) atoms. The molecule has 0 atom stereocenters. The van der Waals surface area contributed by atoms with E-state index in [1.165, 1.54) is 11.6 Å². The highest BCUT2D eigenvalue weighted by Crippen LogP contribution is 2.23. The van der Waals surface area contributed by atoms with Crippen molar-refractivity contribution in [3.63, 3.8) is 0 Å². The molecule has 0 bridgehead atoms. The molecule has 1 N–H and O–H groups in total. The molecule has 0 saturated heterocycles. The summed E-state index contributed by atoms with van der Waals surface area (Å²) >= 11 is 0. The third-order valence-electron chi connectivity index (χ3n) is 3.71. The third-order valence-corrected chi connectivity index (χ3v) is 3.71. The first-order chi connectivity index (χ1) is 11.4. The van der Waals surface area contributed by atoms with E-state index in [1.807, 2.05) is 48.5 Å². The van der Waals surface area contributed by atoms with Gasteiger partial charge >= 0.3 is 0 Å². The molecule has 122 valence electrons. The minimum absolute atomic E-state index is 0.0927. The Morgan fingerprint density at radius 2 is 1.79 bits per heavy atom. The van der Waals surface area contributed by atoms with E-state index >= 15 is 0 Å². The molecule has 0 spiro atoms.